The van der Waals surface area contributed by atoms with Crippen molar-refractivity contribution in [3.63, 3.8) is 0 Å². The number of rotatable bonds is 5. The van der Waals surface area contributed by atoms with Crippen molar-refractivity contribution in [3.05, 3.63) is 29.3 Å². The average Bonchev–Trinajstić information content (AvgIpc) is 2.34. The van der Waals surface area contributed by atoms with E-state index in [1.165, 1.54) is 42.5 Å². The molecule has 0 aromatic heterocycles. The molecule has 1 aliphatic carbocycles. The summed E-state index contributed by atoms with van der Waals surface area (Å²) in [6.45, 7) is 5.82. The lowest BCUT2D eigenvalue weighted by Crippen LogP contribution is -2.15. The van der Waals surface area contributed by atoms with Crippen molar-refractivity contribution in [1.29, 1.82) is 0 Å². The molecule has 0 saturated heterocycles. The second-order valence-electron chi connectivity index (χ2n) is 5.00. The largest absolute Gasteiger partial charge is 0.382 e. The van der Waals surface area contributed by atoms with Crippen molar-refractivity contribution in [3.8, 4) is 0 Å². The van der Waals surface area contributed by atoms with Gasteiger partial charge < -0.3 is 10.1 Å². The van der Waals surface area contributed by atoms with Gasteiger partial charge >= 0.3 is 0 Å². The highest BCUT2D eigenvalue weighted by Crippen LogP contribution is 2.27. The Morgan fingerprint density at radius 2 is 2.06 bits per heavy atom. The van der Waals surface area contributed by atoms with Gasteiger partial charge in [0, 0.05) is 12.2 Å². The summed E-state index contributed by atoms with van der Waals surface area (Å²) in [6.07, 6.45) is 5.46. The number of nitrogens with one attached hydrogen (secondary N) is 1. The maximum Gasteiger partial charge on any atom is 0.0642 e. The fourth-order valence-corrected chi connectivity index (χ4v) is 2.43. The van der Waals surface area contributed by atoms with Crippen LogP contribution in [0.5, 0.6) is 0 Å². The highest BCUT2D eigenvalue weighted by molar-refractivity contribution is 5.55. The van der Waals surface area contributed by atoms with Gasteiger partial charge in [0.2, 0.25) is 0 Å². The van der Waals surface area contributed by atoms with Crippen LogP contribution in [0.25, 0.3) is 0 Å². The van der Waals surface area contributed by atoms with E-state index in [-0.39, 0.29) is 0 Å². The highest BCUT2D eigenvalue weighted by Gasteiger charge is 2.12. The third kappa shape index (κ3) is 3.47. The summed E-state index contributed by atoms with van der Waals surface area (Å²) in [7, 11) is 0. The quantitative estimate of drug-likeness (QED) is 0.787. The number of hydrogen-bond donors (Lipinski definition) is 1. The SMILES string of the molecule is CC(C)OCCNc1cccc2c1CCCC2. The summed E-state index contributed by atoms with van der Waals surface area (Å²) >= 11 is 0. The molecule has 94 valence electrons. The van der Waals surface area contributed by atoms with E-state index >= 15 is 0 Å². The van der Waals surface area contributed by atoms with Gasteiger partial charge in [-0.2, -0.15) is 0 Å². The van der Waals surface area contributed by atoms with Crippen LogP contribution < -0.4 is 5.32 Å². The summed E-state index contributed by atoms with van der Waals surface area (Å²) < 4.78 is 5.55. The lowest BCUT2D eigenvalue weighted by Gasteiger charge is -2.20. The Morgan fingerprint density at radius 1 is 1.24 bits per heavy atom. The van der Waals surface area contributed by atoms with Gasteiger partial charge in [0.15, 0.2) is 0 Å². The van der Waals surface area contributed by atoms with E-state index in [2.05, 4.69) is 37.4 Å². The van der Waals surface area contributed by atoms with Crippen molar-refractivity contribution < 1.29 is 4.74 Å². The molecule has 0 spiro atoms. The zero-order valence-electron chi connectivity index (χ0n) is 11.0. The molecule has 0 amide bonds. The van der Waals surface area contributed by atoms with Crippen LogP contribution in [0.4, 0.5) is 5.69 Å². The fourth-order valence-electron chi connectivity index (χ4n) is 2.43. The standard InChI is InChI=1S/C15H23NO/c1-12(2)17-11-10-16-15-9-5-7-13-6-3-4-8-14(13)15/h5,7,9,12,16H,3-4,6,8,10-11H2,1-2H3. The summed E-state index contributed by atoms with van der Waals surface area (Å²) in [6, 6.07) is 6.62. The zero-order chi connectivity index (χ0) is 12.1. The summed E-state index contributed by atoms with van der Waals surface area (Å²) in [5.74, 6) is 0. The molecule has 0 atom stereocenters. The van der Waals surface area contributed by atoms with Gasteiger partial charge in [-0.25, -0.2) is 0 Å². The van der Waals surface area contributed by atoms with Crippen LogP contribution in [0.1, 0.15) is 37.8 Å². The summed E-state index contributed by atoms with van der Waals surface area (Å²) in [4.78, 5) is 0. The van der Waals surface area contributed by atoms with Crippen molar-refractivity contribution in [1.82, 2.24) is 0 Å². The Hall–Kier alpha value is -1.02. The molecule has 1 aliphatic rings. The second kappa shape index (κ2) is 6.06. The van der Waals surface area contributed by atoms with Gasteiger partial charge in [0.1, 0.15) is 0 Å². The molecule has 17 heavy (non-hydrogen) atoms. The van der Waals surface area contributed by atoms with Crippen LogP contribution >= 0.6 is 0 Å². The number of anilines is 1. The molecule has 0 unspecified atom stereocenters. The lowest BCUT2D eigenvalue weighted by molar-refractivity contribution is 0.0870. The highest BCUT2D eigenvalue weighted by atomic mass is 16.5. The molecule has 0 bridgehead atoms. The minimum absolute atomic E-state index is 0.321. The van der Waals surface area contributed by atoms with Crippen molar-refractivity contribution in [2.24, 2.45) is 0 Å². The number of fused-ring (bicyclic) bond motifs is 1. The van der Waals surface area contributed by atoms with Crippen LogP contribution in [0.15, 0.2) is 18.2 Å². The Morgan fingerprint density at radius 3 is 2.88 bits per heavy atom. The molecule has 2 nitrogen and oxygen atoms in total. The van der Waals surface area contributed by atoms with Crippen LogP contribution in [0.3, 0.4) is 0 Å². The molecule has 0 aliphatic heterocycles. The van der Waals surface area contributed by atoms with Crippen molar-refractivity contribution in [2.45, 2.75) is 45.6 Å². The number of hydrogen-bond acceptors (Lipinski definition) is 2. The van der Waals surface area contributed by atoms with Gasteiger partial charge in [-0.1, -0.05) is 12.1 Å². The van der Waals surface area contributed by atoms with Gasteiger partial charge in [-0.05, 0) is 56.7 Å². The average molecular weight is 233 g/mol. The molecule has 0 saturated carbocycles. The molecule has 2 heteroatoms. The Labute approximate surface area is 104 Å². The Balaban J connectivity index is 1.92. The Kier molecular flexibility index (Phi) is 4.43. The number of aryl methyl sites for hydroxylation is 1. The van der Waals surface area contributed by atoms with Crippen LogP contribution in [-0.4, -0.2) is 19.3 Å². The maximum atomic E-state index is 5.55. The second-order valence-corrected chi connectivity index (χ2v) is 5.00. The first-order valence-corrected chi connectivity index (χ1v) is 6.73. The number of ether oxygens (including phenoxy) is 1. The maximum absolute atomic E-state index is 5.55. The zero-order valence-corrected chi connectivity index (χ0v) is 11.0. The monoisotopic (exact) mass is 233 g/mol. The molecule has 0 fully saturated rings. The molecular formula is C15H23NO. The Bertz CT molecular complexity index is 360. The summed E-state index contributed by atoms with van der Waals surface area (Å²) in [5, 5.41) is 3.50. The van der Waals surface area contributed by atoms with E-state index < -0.39 is 0 Å². The lowest BCUT2D eigenvalue weighted by atomic mass is 9.90. The van der Waals surface area contributed by atoms with Gasteiger partial charge in [-0.15, -0.1) is 0 Å². The van der Waals surface area contributed by atoms with Gasteiger partial charge in [0.25, 0.3) is 0 Å². The van der Waals surface area contributed by atoms with E-state index in [9.17, 15) is 0 Å². The fraction of sp³-hybridized carbons (Fsp3) is 0.600. The van der Waals surface area contributed by atoms with E-state index in [1.807, 2.05) is 0 Å². The topological polar surface area (TPSA) is 21.3 Å². The normalized spacial score (nSPS) is 14.8. The number of benzene rings is 1. The minimum atomic E-state index is 0.321. The molecule has 1 N–H and O–H groups in total. The molecular weight excluding hydrogens is 210 g/mol. The molecule has 0 heterocycles. The van der Waals surface area contributed by atoms with Gasteiger partial charge in [-0.3, -0.25) is 0 Å². The van der Waals surface area contributed by atoms with E-state index in [0.717, 1.165) is 13.2 Å². The molecule has 0 radical (unpaired) electrons. The first-order valence-electron chi connectivity index (χ1n) is 6.73. The summed E-state index contributed by atoms with van der Waals surface area (Å²) in [5.41, 5.74) is 4.38. The molecule has 1 aromatic rings. The third-order valence-electron chi connectivity index (χ3n) is 3.26. The first-order chi connectivity index (χ1) is 8.27. The van der Waals surface area contributed by atoms with Crippen LogP contribution in [0, 0.1) is 0 Å². The predicted octanol–water partition coefficient (Wildman–Crippen LogP) is 3.40. The predicted molar refractivity (Wildman–Crippen MR) is 72.7 cm³/mol. The minimum Gasteiger partial charge on any atom is -0.382 e. The van der Waals surface area contributed by atoms with Crippen LogP contribution in [-0.2, 0) is 17.6 Å². The smallest absolute Gasteiger partial charge is 0.0642 e. The van der Waals surface area contributed by atoms with E-state index in [1.54, 1.807) is 0 Å². The van der Waals surface area contributed by atoms with Crippen LogP contribution in [0.2, 0.25) is 0 Å². The van der Waals surface area contributed by atoms with Gasteiger partial charge in [0.05, 0.1) is 12.7 Å². The van der Waals surface area contributed by atoms with Crippen molar-refractivity contribution in [2.75, 3.05) is 18.5 Å². The molecule has 1 aromatic carbocycles. The van der Waals surface area contributed by atoms with E-state index in [4.69, 9.17) is 4.74 Å². The molecule has 2 rings (SSSR count). The van der Waals surface area contributed by atoms with E-state index in [0.29, 0.717) is 6.10 Å². The first kappa shape index (κ1) is 12.4. The van der Waals surface area contributed by atoms with Crippen molar-refractivity contribution >= 4 is 5.69 Å². The third-order valence-corrected chi connectivity index (χ3v) is 3.26.